The first-order valence-electron chi connectivity index (χ1n) is 10.5. The second kappa shape index (κ2) is 10.8. The number of hydrogen-bond acceptors (Lipinski definition) is 5. The first-order valence-corrected chi connectivity index (χ1v) is 11.2. The summed E-state index contributed by atoms with van der Waals surface area (Å²) in [5.41, 5.74) is 2.69. The molecule has 2 atom stereocenters. The third kappa shape index (κ3) is 8.09. The van der Waals surface area contributed by atoms with Crippen LogP contribution in [-0.4, -0.2) is 53.2 Å². The van der Waals surface area contributed by atoms with E-state index in [4.69, 9.17) is 32.8 Å². The van der Waals surface area contributed by atoms with Crippen molar-refractivity contribution in [3.05, 3.63) is 69.7 Å². The molecule has 1 heterocycles. The van der Waals surface area contributed by atoms with E-state index in [1.807, 2.05) is 69.3 Å². The Morgan fingerprint density at radius 3 is 2.58 bits per heavy atom. The van der Waals surface area contributed by atoms with E-state index in [2.05, 4.69) is 10.1 Å². The topological polar surface area (TPSA) is 54.3 Å². The Bertz CT molecular complexity index is 881. The second-order valence-corrected chi connectivity index (χ2v) is 9.75. The molecule has 1 aliphatic rings. The van der Waals surface area contributed by atoms with Crippen LogP contribution in [0.25, 0.3) is 0 Å². The van der Waals surface area contributed by atoms with Crippen LogP contribution < -0.4 is 0 Å². The lowest BCUT2D eigenvalue weighted by molar-refractivity contribution is -0.0600. The molecule has 0 saturated carbocycles. The highest BCUT2D eigenvalue weighted by molar-refractivity contribution is 6.31. The Labute approximate surface area is 194 Å². The molecule has 168 valence electrons. The molecular formula is C24H30Cl2N2O3. The first kappa shape index (κ1) is 24.0. The molecule has 3 rings (SSSR count). The maximum Gasteiger partial charge on any atom is 0.145 e. The normalized spacial score (nSPS) is 17.5. The van der Waals surface area contributed by atoms with Crippen molar-refractivity contribution in [1.29, 1.82) is 0 Å². The van der Waals surface area contributed by atoms with Gasteiger partial charge in [0.1, 0.15) is 6.10 Å². The fourth-order valence-corrected chi connectivity index (χ4v) is 3.76. The predicted octanol–water partition coefficient (Wildman–Crippen LogP) is 5.16. The summed E-state index contributed by atoms with van der Waals surface area (Å²) in [6.45, 7) is 7.93. The minimum Gasteiger partial charge on any atom is -0.390 e. The van der Waals surface area contributed by atoms with Gasteiger partial charge in [0.05, 0.1) is 24.0 Å². The van der Waals surface area contributed by atoms with Crippen molar-refractivity contribution < 1.29 is 14.7 Å². The fourth-order valence-electron chi connectivity index (χ4n) is 3.42. The van der Waals surface area contributed by atoms with Crippen molar-refractivity contribution in [3.63, 3.8) is 0 Å². The number of nitrogens with zero attached hydrogens (tertiary/aromatic N) is 2. The minimum absolute atomic E-state index is 0.0967. The van der Waals surface area contributed by atoms with Crippen LogP contribution in [0.4, 0.5) is 0 Å². The highest BCUT2D eigenvalue weighted by atomic mass is 35.5. The fraction of sp³-hybridized carbons (Fsp3) is 0.458. The van der Waals surface area contributed by atoms with E-state index in [-0.39, 0.29) is 18.3 Å². The molecule has 1 N–H and O–H groups in total. The lowest BCUT2D eigenvalue weighted by Crippen LogP contribution is -2.40. The molecule has 0 spiro atoms. The number of oxime groups is 1. The Morgan fingerprint density at radius 2 is 1.90 bits per heavy atom. The van der Waals surface area contributed by atoms with Crippen molar-refractivity contribution in [2.24, 2.45) is 5.16 Å². The summed E-state index contributed by atoms with van der Waals surface area (Å²) >= 11 is 12.1. The van der Waals surface area contributed by atoms with Gasteiger partial charge in [-0.2, -0.15) is 0 Å². The van der Waals surface area contributed by atoms with Crippen LogP contribution in [0.3, 0.4) is 0 Å². The average molecular weight is 465 g/mol. The van der Waals surface area contributed by atoms with E-state index >= 15 is 0 Å². The first-order chi connectivity index (χ1) is 14.7. The summed E-state index contributed by atoms with van der Waals surface area (Å²) in [5, 5.41) is 16.2. The van der Waals surface area contributed by atoms with E-state index in [1.54, 1.807) is 0 Å². The predicted molar refractivity (Wildman–Crippen MR) is 126 cm³/mol. The van der Waals surface area contributed by atoms with Gasteiger partial charge in [-0.15, -0.1) is 0 Å². The largest absolute Gasteiger partial charge is 0.390 e. The molecule has 5 nitrogen and oxygen atoms in total. The van der Waals surface area contributed by atoms with Crippen LogP contribution in [-0.2, 0) is 16.1 Å². The van der Waals surface area contributed by atoms with Crippen molar-refractivity contribution in [2.75, 3.05) is 19.7 Å². The SMILES string of the molecule is CC(C)(C)OC[C@H](O)CN(Cc1cccc(Cl)c1)C[C@H]1CC(c2ccc(Cl)cc2)=NO1. The van der Waals surface area contributed by atoms with Crippen molar-refractivity contribution in [1.82, 2.24) is 4.90 Å². The molecule has 0 fully saturated rings. The maximum absolute atomic E-state index is 10.6. The summed E-state index contributed by atoms with van der Waals surface area (Å²) in [6.07, 6.45) is -0.0144. The number of benzene rings is 2. The Hall–Kier alpha value is -1.63. The van der Waals surface area contributed by atoms with Crippen molar-refractivity contribution >= 4 is 28.9 Å². The molecule has 0 bridgehead atoms. The summed E-state index contributed by atoms with van der Waals surface area (Å²) in [4.78, 5) is 7.87. The molecule has 2 aromatic rings. The van der Waals surface area contributed by atoms with Gasteiger partial charge in [0.25, 0.3) is 0 Å². The van der Waals surface area contributed by atoms with E-state index in [0.717, 1.165) is 16.8 Å². The third-order valence-corrected chi connectivity index (χ3v) is 5.33. The van der Waals surface area contributed by atoms with Gasteiger partial charge in [-0.25, -0.2) is 0 Å². The number of halogens is 2. The molecule has 0 amide bonds. The van der Waals surface area contributed by atoms with E-state index < -0.39 is 6.10 Å². The molecule has 0 aromatic heterocycles. The third-order valence-electron chi connectivity index (χ3n) is 4.85. The number of rotatable bonds is 9. The van der Waals surface area contributed by atoms with Crippen LogP contribution in [0.1, 0.15) is 38.3 Å². The molecule has 31 heavy (non-hydrogen) atoms. The zero-order valence-corrected chi connectivity index (χ0v) is 19.7. The lowest BCUT2D eigenvalue weighted by Gasteiger charge is -2.28. The minimum atomic E-state index is -0.614. The lowest BCUT2D eigenvalue weighted by atomic mass is 10.0. The van der Waals surface area contributed by atoms with Crippen LogP contribution >= 0.6 is 23.2 Å². The zero-order valence-electron chi connectivity index (χ0n) is 18.2. The summed E-state index contributed by atoms with van der Waals surface area (Å²) in [6, 6.07) is 15.4. The Morgan fingerprint density at radius 1 is 1.16 bits per heavy atom. The quantitative estimate of drug-likeness (QED) is 0.556. The maximum atomic E-state index is 10.6. The van der Waals surface area contributed by atoms with Crippen LogP contribution in [0.2, 0.25) is 10.0 Å². The van der Waals surface area contributed by atoms with Crippen LogP contribution in [0.15, 0.2) is 53.7 Å². The van der Waals surface area contributed by atoms with E-state index in [9.17, 15) is 5.11 Å². The van der Waals surface area contributed by atoms with Crippen molar-refractivity contribution in [3.8, 4) is 0 Å². The highest BCUT2D eigenvalue weighted by Gasteiger charge is 2.26. The van der Waals surface area contributed by atoms with Gasteiger partial charge in [-0.1, -0.05) is 52.6 Å². The number of aliphatic hydroxyl groups excluding tert-OH is 1. The van der Waals surface area contributed by atoms with E-state index in [0.29, 0.717) is 36.1 Å². The van der Waals surface area contributed by atoms with Gasteiger partial charge in [0.2, 0.25) is 0 Å². The molecule has 1 aliphatic heterocycles. The van der Waals surface area contributed by atoms with Gasteiger partial charge >= 0.3 is 0 Å². The number of aliphatic hydroxyl groups is 1. The molecule has 0 unspecified atom stereocenters. The average Bonchev–Trinajstić information content (AvgIpc) is 3.15. The second-order valence-electron chi connectivity index (χ2n) is 8.88. The number of ether oxygens (including phenoxy) is 1. The van der Waals surface area contributed by atoms with Gasteiger partial charge < -0.3 is 14.7 Å². The molecular weight excluding hydrogens is 435 g/mol. The van der Waals surface area contributed by atoms with Gasteiger partial charge in [-0.05, 0) is 56.2 Å². The summed E-state index contributed by atoms with van der Waals surface area (Å²) < 4.78 is 5.75. The van der Waals surface area contributed by atoms with Crippen LogP contribution in [0, 0.1) is 0 Å². The van der Waals surface area contributed by atoms with Gasteiger partial charge in [0.15, 0.2) is 0 Å². The Balaban J connectivity index is 1.62. The Kier molecular flexibility index (Phi) is 8.36. The summed E-state index contributed by atoms with van der Waals surface area (Å²) in [5.74, 6) is 0. The van der Waals surface area contributed by atoms with Gasteiger partial charge in [-0.3, -0.25) is 4.90 Å². The standard InChI is InChI=1S/C24H30Cl2N2O3/c1-24(2,3)30-16-21(29)14-28(13-17-5-4-6-20(26)11-17)15-22-12-23(27-31-22)18-7-9-19(25)10-8-18/h4-11,21-22,29H,12-16H2,1-3H3/t21-,22-/m1/s1. The highest BCUT2D eigenvalue weighted by Crippen LogP contribution is 2.21. The molecule has 0 radical (unpaired) electrons. The van der Waals surface area contributed by atoms with E-state index in [1.165, 1.54) is 0 Å². The molecule has 7 heteroatoms. The number of hydrogen-bond donors (Lipinski definition) is 1. The van der Waals surface area contributed by atoms with Gasteiger partial charge in [0, 0.05) is 36.1 Å². The van der Waals surface area contributed by atoms with Crippen LogP contribution in [0.5, 0.6) is 0 Å². The molecule has 2 aromatic carbocycles. The monoisotopic (exact) mass is 464 g/mol. The zero-order chi connectivity index (χ0) is 22.4. The smallest absolute Gasteiger partial charge is 0.145 e. The molecule has 0 aliphatic carbocycles. The summed E-state index contributed by atoms with van der Waals surface area (Å²) in [7, 11) is 0. The van der Waals surface area contributed by atoms with Crippen molar-refractivity contribution in [2.45, 2.75) is 51.5 Å². The molecule has 0 saturated heterocycles.